The zero-order valence-electron chi connectivity index (χ0n) is 35.3. The standard InChI is InChI=1S/C45H60FN10O2S/c1-7-55-39(44(57)49-34-10-13-35(14-11-34)58-36-12-8-31(20-47)25(2)18-36)16-17-40(52-55)54-23-32-21-53(22-33(32)24-54)38-15-9-30(19-37(38)46)42-41-26(3)28(5)59-45(41)56-29(6)50-51-43(56)27(4)48-42/h7-9,12,15,18-19,23,26-29,32-35,39-41,43,45,50-52H,10-11,13-14,16-17,21-22,24H2,1-6H3/q+1/p+1/b55-7-/t26?,27-,28?,29?,32-,33+,34?,35?,39?,40?,41?,43?,45?/m0/s1. The lowest BCUT2D eigenvalue weighted by molar-refractivity contribution is -0.696. The van der Waals surface area contributed by atoms with Crippen LogP contribution >= 0.6 is 11.8 Å². The molecule has 7 aliphatic rings. The average molecular weight is 825 g/mol. The number of hydrazine groups is 2. The van der Waals surface area contributed by atoms with Crippen molar-refractivity contribution in [1.82, 2.24) is 26.5 Å². The zero-order chi connectivity index (χ0) is 41.1. The summed E-state index contributed by atoms with van der Waals surface area (Å²) in [6, 6.07) is 13.6. The molecule has 9 rings (SSSR count). The number of thioether (sulfide) groups is 1. The fourth-order valence-corrected chi connectivity index (χ4v) is 12.8. The summed E-state index contributed by atoms with van der Waals surface area (Å²) in [5.41, 5.74) is 14.8. The molecule has 314 valence electrons. The van der Waals surface area contributed by atoms with Crippen LogP contribution in [0.5, 0.6) is 5.75 Å². The highest BCUT2D eigenvalue weighted by atomic mass is 32.2. The highest BCUT2D eigenvalue weighted by Crippen LogP contribution is 2.49. The van der Waals surface area contributed by atoms with E-state index in [0.717, 1.165) is 80.7 Å². The molecular weight excluding hydrogens is 764 g/mol. The maximum Gasteiger partial charge on any atom is 0.291 e. The van der Waals surface area contributed by atoms with Gasteiger partial charge < -0.3 is 15.0 Å². The summed E-state index contributed by atoms with van der Waals surface area (Å²) in [5, 5.41) is 13.3. The number of hydrogen-bond donors (Lipinski definition) is 4. The number of aliphatic imine (C=N–C) groups is 1. The van der Waals surface area contributed by atoms with E-state index in [9.17, 15) is 10.1 Å². The van der Waals surface area contributed by atoms with Crippen molar-refractivity contribution in [1.29, 1.82) is 5.26 Å². The molecule has 0 bridgehead atoms. The lowest BCUT2D eigenvalue weighted by Crippen LogP contribution is -2.59. The van der Waals surface area contributed by atoms with Gasteiger partial charge in [-0.2, -0.15) is 5.26 Å². The van der Waals surface area contributed by atoms with Gasteiger partial charge >= 0.3 is 0 Å². The quantitative estimate of drug-likeness (QED) is 0.294. The van der Waals surface area contributed by atoms with Crippen molar-refractivity contribution in [3.8, 4) is 11.8 Å². The largest absolute Gasteiger partial charge is 0.490 e. The summed E-state index contributed by atoms with van der Waals surface area (Å²) in [4.78, 5) is 23.7. The molecule has 2 aromatic carbocycles. The van der Waals surface area contributed by atoms with Gasteiger partial charge in [-0.15, -0.1) is 21.9 Å². The summed E-state index contributed by atoms with van der Waals surface area (Å²) in [5.74, 6) is 2.12. The number of aryl methyl sites for hydroxylation is 1. The molecule has 12 nitrogen and oxygen atoms in total. The van der Waals surface area contributed by atoms with Crippen LogP contribution in [0.2, 0.25) is 0 Å². The van der Waals surface area contributed by atoms with Gasteiger partial charge in [-0.25, -0.2) is 19.8 Å². The Morgan fingerprint density at radius 2 is 1.88 bits per heavy atom. The molecule has 1 saturated carbocycles. The smallest absolute Gasteiger partial charge is 0.291 e. The number of anilines is 1. The van der Waals surface area contributed by atoms with Crippen molar-refractivity contribution >= 4 is 41.5 Å². The molecule has 1 amide bonds. The molecule has 6 aliphatic heterocycles. The Balaban J connectivity index is 0.789. The molecule has 0 radical (unpaired) electrons. The molecule has 1 aliphatic carbocycles. The van der Waals surface area contributed by atoms with E-state index in [2.05, 4.69) is 82.0 Å². The third kappa shape index (κ3) is 7.66. The van der Waals surface area contributed by atoms with Crippen LogP contribution in [0.1, 0.15) is 89.8 Å². The first-order chi connectivity index (χ1) is 28.5. The Kier molecular flexibility index (Phi) is 11.3. The van der Waals surface area contributed by atoms with Crippen LogP contribution in [0, 0.1) is 47.7 Å². The maximum atomic E-state index is 16.3. The molecule has 14 heteroatoms. The van der Waals surface area contributed by atoms with Crippen LogP contribution in [0.25, 0.3) is 0 Å². The van der Waals surface area contributed by atoms with Gasteiger partial charge in [-0.1, -0.05) is 19.9 Å². The lowest BCUT2D eigenvalue weighted by Gasteiger charge is -2.34. The predicted molar refractivity (Wildman–Crippen MR) is 230 cm³/mol. The van der Waals surface area contributed by atoms with Crippen LogP contribution < -0.4 is 31.2 Å². The molecule has 4 saturated heterocycles. The number of carbonyl (C=O) groups is 1. The SMILES string of the molecule is C/C=[N+]1\NC([N+]2=C[C@@H]3CN(c4ccc(C5=N[C@@H](C)C6NNC(C)N6C6SC(C)C(C)C56)cc4F)C[C@@H]3C2)CCC1C(=O)NC1CCC(Oc2ccc(C#N)c(C)c2)CC1. The van der Waals surface area contributed by atoms with Gasteiger partial charge in [0.1, 0.15) is 24.3 Å². The second-order valence-corrected chi connectivity index (χ2v) is 19.7. The number of nitriles is 1. The van der Waals surface area contributed by atoms with Crippen molar-refractivity contribution in [2.75, 3.05) is 24.5 Å². The number of carbonyl (C=O) groups excluding carboxylic acids is 1. The lowest BCUT2D eigenvalue weighted by atomic mass is 9.84. The van der Waals surface area contributed by atoms with E-state index in [1.807, 2.05) is 60.8 Å². The molecule has 59 heavy (non-hydrogen) atoms. The van der Waals surface area contributed by atoms with Crippen LogP contribution in [0.15, 0.2) is 41.4 Å². The monoisotopic (exact) mass is 824 g/mol. The number of amides is 1. The van der Waals surface area contributed by atoms with Crippen LogP contribution in [-0.4, -0.2) is 111 Å². The number of hydrogen-bond acceptors (Lipinski definition) is 10. The molecule has 11 atom stereocenters. The highest BCUT2D eigenvalue weighted by molar-refractivity contribution is 8.00. The fraction of sp³-hybridized carbons (Fsp3) is 0.622. The second-order valence-electron chi connectivity index (χ2n) is 18.2. The number of rotatable bonds is 7. The Morgan fingerprint density at radius 3 is 2.61 bits per heavy atom. The van der Waals surface area contributed by atoms with Crippen molar-refractivity contribution in [2.45, 2.75) is 133 Å². The molecular formula is C45H61FN10O2S+2. The number of ether oxygens (including phenoxy) is 1. The number of hydrazone groups is 1. The topological polar surface area (TPSA) is 123 Å². The minimum atomic E-state index is -0.262. The van der Waals surface area contributed by atoms with Gasteiger partial charge in [0, 0.05) is 61.7 Å². The van der Waals surface area contributed by atoms with Crippen molar-refractivity contribution in [3.05, 3.63) is 58.9 Å². The highest BCUT2D eigenvalue weighted by Gasteiger charge is 2.53. The number of halogens is 1. The Morgan fingerprint density at radius 1 is 1.07 bits per heavy atom. The van der Waals surface area contributed by atoms with Crippen LogP contribution in [0.3, 0.4) is 0 Å². The van der Waals surface area contributed by atoms with E-state index in [4.69, 9.17) is 9.73 Å². The third-order valence-electron chi connectivity index (χ3n) is 14.5. The minimum absolute atomic E-state index is 0.0308. The van der Waals surface area contributed by atoms with Crippen molar-refractivity contribution < 1.29 is 23.2 Å². The van der Waals surface area contributed by atoms with Gasteiger partial charge in [-0.05, 0) is 93.8 Å². The van der Waals surface area contributed by atoms with E-state index in [1.165, 1.54) is 0 Å². The number of nitrogens with zero attached hydrogens (tertiary/aromatic N) is 6. The normalized spacial score (nSPS) is 37.4. The first-order valence-electron chi connectivity index (χ1n) is 22.0. The summed E-state index contributed by atoms with van der Waals surface area (Å²) in [6.07, 6.45) is 10.0. The van der Waals surface area contributed by atoms with E-state index in [0.29, 0.717) is 34.3 Å². The third-order valence-corrected chi connectivity index (χ3v) is 16.1. The molecule has 4 N–H and O–H groups in total. The molecule has 6 heterocycles. The summed E-state index contributed by atoms with van der Waals surface area (Å²) < 4.78 is 26.9. The first kappa shape index (κ1) is 40.4. The first-order valence-corrected chi connectivity index (χ1v) is 22.9. The molecule has 0 spiro atoms. The van der Waals surface area contributed by atoms with E-state index >= 15 is 4.39 Å². The average Bonchev–Trinajstić information content (AvgIpc) is 3.98. The molecule has 0 aromatic heterocycles. The van der Waals surface area contributed by atoms with Gasteiger partial charge in [0.05, 0.1) is 53.1 Å². The van der Waals surface area contributed by atoms with Gasteiger partial charge in [-0.3, -0.25) is 14.7 Å². The summed E-state index contributed by atoms with van der Waals surface area (Å²) in [6.45, 7) is 15.5. The summed E-state index contributed by atoms with van der Waals surface area (Å²) in [7, 11) is 0. The van der Waals surface area contributed by atoms with E-state index in [-0.39, 0.29) is 65.7 Å². The Bertz CT molecular complexity index is 2080. The maximum absolute atomic E-state index is 16.3. The molecule has 8 unspecified atom stereocenters. The van der Waals surface area contributed by atoms with Crippen LogP contribution in [-0.2, 0) is 4.79 Å². The predicted octanol–water partition coefficient (Wildman–Crippen LogP) is 4.74. The second kappa shape index (κ2) is 16.4. The number of nitrogens with one attached hydrogen (secondary N) is 4. The van der Waals surface area contributed by atoms with Gasteiger partial charge in [0.25, 0.3) is 18.1 Å². The van der Waals surface area contributed by atoms with E-state index < -0.39 is 0 Å². The van der Waals surface area contributed by atoms with Gasteiger partial charge in [0.2, 0.25) is 0 Å². The molecule has 2 aromatic rings. The van der Waals surface area contributed by atoms with Gasteiger partial charge in [0.15, 0.2) is 6.21 Å². The molecule has 5 fully saturated rings. The number of benzene rings is 2. The Labute approximate surface area is 352 Å². The van der Waals surface area contributed by atoms with Crippen molar-refractivity contribution in [2.24, 2.45) is 28.7 Å². The fourth-order valence-electron chi connectivity index (χ4n) is 11.0. The van der Waals surface area contributed by atoms with E-state index in [1.54, 1.807) is 6.07 Å². The summed E-state index contributed by atoms with van der Waals surface area (Å²) >= 11 is 2.03. The minimum Gasteiger partial charge on any atom is -0.490 e. The zero-order valence-corrected chi connectivity index (χ0v) is 36.1. The van der Waals surface area contributed by atoms with Crippen LogP contribution in [0.4, 0.5) is 10.1 Å². The number of fused-ring (bicyclic) bond motifs is 4. The van der Waals surface area contributed by atoms with Crippen molar-refractivity contribution in [3.63, 3.8) is 0 Å². The Hall–Kier alpha value is -4.03.